The number of ketones is 1. The van der Waals surface area contributed by atoms with Crippen LogP contribution in [0.1, 0.15) is 45.4 Å². The molecule has 0 saturated carbocycles. The lowest BCUT2D eigenvalue weighted by atomic mass is 9.84. The van der Waals surface area contributed by atoms with Gasteiger partial charge in [-0.05, 0) is 24.6 Å². The molecule has 0 radical (unpaired) electrons. The van der Waals surface area contributed by atoms with Crippen LogP contribution < -0.4 is 4.90 Å². The van der Waals surface area contributed by atoms with Crippen LogP contribution in [0.4, 0.5) is 5.95 Å². The van der Waals surface area contributed by atoms with E-state index in [4.69, 9.17) is 14.4 Å². The molecule has 5 rings (SSSR count). The molecule has 0 spiro atoms. The number of carbonyl (C=O) groups excluding carboxylic acids is 1. The number of piperazine rings is 1. The molecule has 30 heavy (non-hydrogen) atoms. The molecule has 6 nitrogen and oxygen atoms in total. The lowest BCUT2D eigenvalue weighted by Gasteiger charge is -2.35. The normalized spacial score (nSPS) is 19.7. The number of anilines is 1. The number of aromatic nitrogens is 2. The molecule has 0 unspecified atom stereocenters. The highest BCUT2D eigenvalue weighted by Crippen LogP contribution is 2.34. The molecule has 3 aromatic rings. The minimum Gasteiger partial charge on any atom is -0.469 e. The molecule has 0 amide bonds. The Morgan fingerprint density at radius 3 is 2.53 bits per heavy atom. The zero-order valence-electron chi connectivity index (χ0n) is 17.3. The largest absolute Gasteiger partial charge is 0.469 e. The summed E-state index contributed by atoms with van der Waals surface area (Å²) in [5, 5.41) is 0. The number of furan rings is 1. The summed E-state index contributed by atoms with van der Waals surface area (Å²) in [6.45, 7) is 6.63. The molecule has 0 N–H and O–H groups in total. The third kappa shape index (κ3) is 3.75. The van der Waals surface area contributed by atoms with E-state index in [-0.39, 0.29) is 11.7 Å². The average molecular weight is 402 g/mol. The van der Waals surface area contributed by atoms with Crippen molar-refractivity contribution in [2.45, 2.75) is 32.2 Å². The first-order valence-electron chi connectivity index (χ1n) is 10.6. The van der Waals surface area contributed by atoms with Crippen molar-refractivity contribution in [3.05, 3.63) is 77.0 Å². The van der Waals surface area contributed by atoms with E-state index in [9.17, 15) is 4.79 Å². The van der Waals surface area contributed by atoms with Crippen LogP contribution in [-0.2, 0) is 13.0 Å². The maximum Gasteiger partial charge on any atom is 0.225 e. The van der Waals surface area contributed by atoms with E-state index in [2.05, 4.69) is 40.1 Å². The van der Waals surface area contributed by atoms with Gasteiger partial charge in [-0.1, -0.05) is 30.3 Å². The van der Waals surface area contributed by atoms with Gasteiger partial charge >= 0.3 is 0 Å². The molecule has 1 aromatic carbocycles. The molecular formula is C24H26N4O2. The highest BCUT2D eigenvalue weighted by molar-refractivity contribution is 5.99. The van der Waals surface area contributed by atoms with E-state index < -0.39 is 0 Å². The molecule has 1 aliphatic heterocycles. The van der Waals surface area contributed by atoms with Crippen LogP contribution in [0, 0.1) is 6.92 Å². The molecule has 1 fully saturated rings. The van der Waals surface area contributed by atoms with Crippen molar-refractivity contribution in [3.63, 3.8) is 0 Å². The average Bonchev–Trinajstić information content (AvgIpc) is 3.29. The zero-order chi connectivity index (χ0) is 20.5. The molecule has 0 bridgehead atoms. The van der Waals surface area contributed by atoms with E-state index in [0.29, 0.717) is 12.0 Å². The van der Waals surface area contributed by atoms with Gasteiger partial charge in [-0.3, -0.25) is 9.69 Å². The summed E-state index contributed by atoms with van der Waals surface area (Å²) in [4.78, 5) is 27.0. The van der Waals surface area contributed by atoms with Gasteiger partial charge in [-0.25, -0.2) is 9.97 Å². The number of Topliss-reactive ketones (excluding diaryl/α,β-unsaturated/α-hetero) is 1. The number of carbonyl (C=O) groups is 1. The molecule has 2 aliphatic rings. The minimum atomic E-state index is 0.0601. The maximum atomic E-state index is 12.8. The van der Waals surface area contributed by atoms with E-state index >= 15 is 0 Å². The lowest BCUT2D eigenvalue weighted by molar-refractivity contribution is 0.0957. The van der Waals surface area contributed by atoms with Gasteiger partial charge in [0.25, 0.3) is 0 Å². The SMILES string of the molecule is Cc1nc(N2CCN(Cc3ccccc3)CC2)nc2c1C(=O)C[C@H](c1ccco1)C2. The number of fused-ring (bicyclic) bond motifs is 1. The number of benzene rings is 1. The van der Waals surface area contributed by atoms with Crippen molar-refractivity contribution in [2.75, 3.05) is 31.1 Å². The van der Waals surface area contributed by atoms with Crippen LogP contribution in [0.3, 0.4) is 0 Å². The standard InChI is InChI=1S/C24H26N4O2/c1-17-23-20(14-19(15-21(23)29)22-8-5-13-30-22)26-24(25-17)28-11-9-27(10-12-28)16-18-6-3-2-4-7-18/h2-8,13,19H,9-12,14-16H2,1H3/t19-/m1/s1. The van der Waals surface area contributed by atoms with E-state index in [0.717, 1.165) is 62.2 Å². The highest BCUT2D eigenvalue weighted by atomic mass is 16.3. The minimum absolute atomic E-state index is 0.0601. The van der Waals surface area contributed by atoms with Gasteiger partial charge in [-0.15, -0.1) is 0 Å². The van der Waals surface area contributed by atoms with Crippen molar-refractivity contribution in [2.24, 2.45) is 0 Å². The van der Waals surface area contributed by atoms with E-state index in [1.165, 1.54) is 5.56 Å². The Morgan fingerprint density at radius 1 is 1.00 bits per heavy atom. The van der Waals surface area contributed by atoms with Gasteiger partial charge in [-0.2, -0.15) is 0 Å². The number of aryl methyl sites for hydroxylation is 1. The van der Waals surface area contributed by atoms with Crippen LogP contribution >= 0.6 is 0 Å². The van der Waals surface area contributed by atoms with Crippen molar-refractivity contribution >= 4 is 11.7 Å². The second-order valence-electron chi connectivity index (χ2n) is 8.22. The predicted molar refractivity (Wildman–Crippen MR) is 115 cm³/mol. The van der Waals surface area contributed by atoms with Gasteiger partial charge in [0.1, 0.15) is 5.76 Å². The quantitative estimate of drug-likeness (QED) is 0.664. The summed E-state index contributed by atoms with van der Waals surface area (Å²) < 4.78 is 5.56. The summed E-state index contributed by atoms with van der Waals surface area (Å²) in [6.07, 6.45) is 2.85. The van der Waals surface area contributed by atoms with Crippen molar-refractivity contribution in [1.82, 2.24) is 14.9 Å². The first-order valence-corrected chi connectivity index (χ1v) is 10.6. The van der Waals surface area contributed by atoms with E-state index in [1.54, 1.807) is 6.26 Å². The summed E-state index contributed by atoms with van der Waals surface area (Å²) in [5.74, 6) is 1.79. The van der Waals surface area contributed by atoms with Crippen LogP contribution in [0.2, 0.25) is 0 Å². The Hall–Kier alpha value is -2.99. The van der Waals surface area contributed by atoms with Crippen LogP contribution in [0.25, 0.3) is 0 Å². The number of hydrogen-bond acceptors (Lipinski definition) is 6. The second-order valence-corrected chi connectivity index (χ2v) is 8.22. The van der Waals surface area contributed by atoms with Crippen LogP contribution in [0.15, 0.2) is 53.1 Å². The summed E-state index contributed by atoms with van der Waals surface area (Å²) in [7, 11) is 0. The molecule has 154 valence electrons. The Balaban J connectivity index is 1.31. The smallest absolute Gasteiger partial charge is 0.225 e. The maximum absolute atomic E-state index is 12.8. The predicted octanol–water partition coefficient (Wildman–Crippen LogP) is 3.61. The topological polar surface area (TPSA) is 62.5 Å². The number of hydrogen-bond donors (Lipinski definition) is 0. The summed E-state index contributed by atoms with van der Waals surface area (Å²) >= 11 is 0. The fraction of sp³-hybridized carbons (Fsp3) is 0.375. The van der Waals surface area contributed by atoms with E-state index in [1.807, 2.05) is 19.1 Å². The Morgan fingerprint density at radius 2 is 1.80 bits per heavy atom. The van der Waals surface area contributed by atoms with Crippen molar-refractivity contribution < 1.29 is 9.21 Å². The molecular weight excluding hydrogens is 376 g/mol. The highest BCUT2D eigenvalue weighted by Gasteiger charge is 2.32. The Bertz CT molecular complexity index is 1020. The first kappa shape index (κ1) is 19.0. The first-order chi connectivity index (χ1) is 14.7. The monoisotopic (exact) mass is 402 g/mol. The summed E-state index contributed by atoms with van der Waals surface area (Å²) in [5.41, 5.74) is 3.71. The third-order valence-corrected chi connectivity index (χ3v) is 6.15. The van der Waals surface area contributed by atoms with Gasteiger partial charge in [0.15, 0.2) is 5.78 Å². The Kier molecular flexibility index (Phi) is 5.09. The molecule has 1 atom stereocenters. The van der Waals surface area contributed by atoms with Gasteiger partial charge in [0.05, 0.1) is 23.2 Å². The van der Waals surface area contributed by atoms with Gasteiger partial charge in [0, 0.05) is 51.5 Å². The van der Waals surface area contributed by atoms with Gasteiger partial charge in [0.2, 0.25) is 5.95 Å². The molecule has 1 saturated heterocycles. The lowest BCUT2D eigenvalue weighted by Crippen LogP contribution is -2.46. The van der Waals surface area contributed by atoms with Crippen LogP contribution in [-0.4, -0.2) is 46.8 Å². The second kappa shape index (κ2) is 8.03. The molecule has 2 aromatic heterocycles. The number of rotatable bonds is 4. The van der Waals surface area contributed by atoms with Crippen molar-refractivity contribution in [1.29, 1.82) is 0 Å². The zero-order valence-corrected chi connectivity index (χ0v) is 17.3. The fourth-order valence-corrected chi connectivity index (χ4v) is 4.57. The third-order valence-electron chi connectivity index (χ3n) is 6.15. The fourth-order valence-electron chi connectivity index (χ4n) is 4.57. The van der Waals surface area contributed by atoms with Crippen molar-refractivity contribution in [3.8, 4) is 0 Å². The summed E-state index contributed by atoms with van der Waals surface area (Å²) in [6, 6.07) is 14.4. The molecule has 3 heterocycles. The molecule has 6 heteroatoms. The Labute approximate surface area is 176 Å². The molecule has 1 aliphatic carbocycles. The van der Waals surface area contributed by atoms with Gasteiger partial charge < -0.3 is 9.32 Å². The number of nitrogens with zero attached hydrogens (tertiary/aromatic N) is 4. The van der Waals surface area contributed by atoms with Crippen LogP contribution in [0.5, 0.6) is 0 Å².